The molecule has 1 aromatic carbocycles. The molecule has 6 heteroatoms. The number of carbonyl (C=O) groups excluding carboxylic acids is 1. The highest BCUT2D eigenvalue weighted by molar-refractivity contribution is 5.93. The predicted octanol–water partition coefficient (Wildman–Crippen LogP) is 1.79. The minimum absolute atomic E-state index is 0.146. The average molecular weight is 313 g/mol. The molecule has 1 atom stereocenters. The molecule has 1 saturated heterocycles. The molecule has 0 spiro atoms. The van der Waals surface area contributed by atoms with Gasteiger partial charge in [0.15, 0.2) is 5.69 Å². The van der Waals surface area contributed by atoms with Crippen LogP contribution in [0.3, 0.4) is 0 Å². The van der Waals surface area contributed by atoms with E-state index >= 15 is 0 Å². The summed E-state index contributed by atoms with van der Waals surface area (Å²) in [6.45, 7) is 6.80. The lowest BCUT2D eigenvalue weighted by Crippen LogP contribution is -2.40. The monoisotopic (exact) mass is 313 g/mol. The second-order valence-electron chi connectivity index (χ2n) is 5.89. The molecule has 1 aliphatic rings. The van der Waals surface area contributed by atoms with Gasteiger partial charge >= 0.3 is 0 Å². The van der Waals surface area contributed by atoms with Gasteiger partial charge in [-0.05, 0) is 45.0 Å². The number of benzene rings is 1. The highest BCUT2D eigenvalue weighted by atomic mass is 16.2. The van der Waals surface area contributed by atoms with Gasteiger partial charge in [0.1, 0.15) is 0 Å². The normalized spacial score (nSPS) is 18.3. The zero-order valence-electron chi connectivity index (χ0n) is 13.7. The lowest BCUT2D eigenvalue weighted by atomic mass is 10.2. The number of nitrogens with one attached hydrogen (secondary N) is 1. The van der Waals surface area contributed by atoms with Crippen LogP contribution in [0.25, 0.3) is 5.69 Å². The Morgan fingerprint density at radius 1 is 1.30 bits per heavy atom. The largest absolute Gasteiger partial charge is 0.349 e. The highest BCUT2D eigenvalue weighted by Gasteiger charge is 2.24. The molecule has 0 unspecified atom stereocenters. The van der Waals surface area contributed by atoms with E-state index in [0.29, 0.717) is 24.0 Å². The minimum atomic E-state index is -0.146. The predicted molar refractivity (Wildman–Crippen MR) is 88.7 cm³/mol. The van der Waals surface area contributed by atoms with E-state index in [4.69, 9.17) is 0 Å². The van der Waals surface area contributed by atoms with Gasteiger partial charge in [-0.2, -0.15) is 9.90 Å². The Kier molecular flexibility index (Phi) is 4.71. The van der Waals surface area contributed by atoms with Crippen LogP contribution in [0.4, 0.5) is 0 Å². The number of likely N-dealkylation sites (N-methyl/N-ethyl adjacent to an activating group) is 1. The fourth-order valence-corrected chi connectivity index (χ4v) is 3.10. The standard InChI is InChI=1S/C17H23N5O/c1-3-21-11-7-10-15(21)12-18-17(23)16-13(2)19-22(20-16)14-8-5-4-6-9-14/h4-6,8-9,15H,3,7,10-12H2,1-2H3,(H,18,23)/t15-/m1/s1. The highest BCUT2D eigenvalue weighted by Crippen LogP contribution is 2.16. The third-order valence-electron chi connectivity index (χ3n) is 4.39. The average Bonchev–Trinajstić information content (AvgIpc) is 3.19. The fourth-order valence-electron chi connectivity index (χ4n) is 3.10. The van der Waals surface area contributed by atoms with Crippen molar-refractivity contribution in [2.24, 2.45) is 0 Å². The van der Waals surface area contributed by atoms with E-state index in [9.17, 15) is 4.79 Å². The van der Waals surface area contributed by atoms with Crippen molar-refractivity contribution >= 4 is 5.91 Å². The first-order valence-corrected chi connectivity index (χ1v) is 8.20. The van der Waals surface area contributed by atoms with Crippen LogP contribution in [0.1, 0.15) is 35.9 Å². The molecular weight excluding hydrogens is 290 g/mol. The Morgan fingerprint density at radius 2 is 2.09 bits per heavy atom. The third kappa shape index (κ3) is 3.42. The van der Waals surface area contributed by atoms with Crippen LogP contribution in [0.5, 0.6) is 0 Å². The first-order chi connectivity index (χ1) is 11.2. The van der Waals surface area contributed by atoms with Gasteiger partial charge in [0.05, 0.1) is 11.4 Å². The third-order valence-corrected chi connectivity index (χ3v) is 4.39. The van der Waals surface area contributed by atoms with Gasteiger partial charge in [-0.3, -0.25) is 9.69 Å². The zero-order chi connectivity index (χ0) is 16.2. The minimum Gasteiger partial charge on any atom is -0.349 e. The van der Waals surface area contributed by atoms with Crippen LogP contribution in [-0.4, -0.2) is 51.5 Å². The molecule has 1 amide bonds. The molecule has 3 rings (SSSR count). The Hall–Kier alpha value is -2.21. The molecule has 122 valence electrons. The second-order valence-corrected chi connectivity index (χ2v) is 5.89. The number of carbonyl (C=O) groups is 1. The van der Waals surface area contributed by atoms with Gasteiger partial charge in [0.25, 0.3) is 5.91 Å². The Labute approximate surface area is 136 Å². The van der Waals surface area contributed by atoms with Crippen molar-refractivity contribution in [3.63, 3.8) is 0 Å². The van der Waals surface area contributed by atoms with E-state index in [1.54, 1.807) is 0 Å². The lowest BCUT2D eigenvalue weighted by molar-refractivity contribution is 0.0935. The van der Waals surface area contributed by atoms with E-state index < -0.39 is 0 Å². The van der Waals surface area contributed by atoms with Gasteiger partial charge in [-0.25, -0.2) is 0 Å². The smallest absolute Gasteiger partial charge is 0.273 e. The molecule has 2 aromatic rings. The second kappa shape index (κ2) is 6.91. The number of hydrogen-bond donors (Lipinski definition) is 1. The number of nitrogens with zero attached hydrogens (tertiary/aromatic N) is 4. The van der Waals surface area contributed by atoms with E-state index in [1.807, 2.05) is 37.3 Å². The molecule has 6 nitrogen and oxygen atoms in total. The van der Waals surface area contributed by atoms with Crippen LogP contribution in [-0.2, 0) is 0 Å². The molecule has 0 radical (unpaired) electrons. The topological polar surface area (TPSA) is 63.1 Å². The van der Waals surface area contributed by atoms with E-state index in [1.165, 1.54) is 11.2 Å². The summed E-state index contributed by atoms with van der Waals surface area (Å²) in [7, 11) is 0. The van der Waals surface area contributed by atoms with Gasteiger partial charge in [0.2, 0.25) is 0 Å². The van der Waals surface area contributed by atoms with Crippen molar-refractivity contribution in [3.8, 4) is 5.69 Å². The summed E-state index contributed by atoms with van der Waals surface area (Å²) in [6.07, 6.45) is 2.35. The molecule has 1 fully saturated rings. The molecule has 1 aromatic heterocycles. The Balaban J connectivity index is 1.67. The maximum absolute atomic E-state index is 12.4. The molecule has 2 heterocycles. The van der Waals surface area contributed by atoms with Crippen LogP contribution in [0.2, 0.25) is 0 Å². The molecule has 1 aliphatic heterocycles. The summed E-state index contributed by atoms with van der Waals surface area (Å²) in [5, 5.41) is 11.7. The van der Waals surface area contributed by atoms with Crippen molar-refractivity contribution in [1.82, 2.24) is 25.2 Å². The summed E-state index contributed by atoms with van der Waals surface area (Å²) >= 11 is 0. The van der Waals surface area contributed by atoms with Crippen LogP contribution in [0, 0.1) is 6.92 Å². The Morgan fingerprint density at radius 3 is 2.83 bits per heavy atom. The molecule has 23 heavy (non-hydrogen) atoms. The number of aromatic nitrogens is 3. The fraction of sp³-hybridized carbons (Fsp3) is 0.471. The number of amides is 1. The van der Waals surface area contributed by atoms with Gasteiger partial charge in [-0.15, -0.1) is 5.10 Å². The summed E-state index contributed by atoms with van der Waals surface area (Å²) in [6, 6.07) is 10.1. The zero-order valence-corrected chi connectivity index (χ0v) is 13.7. The Bertz CT molecular complexity index is 667. The van der Waals surface area contributed by atoms with Crippen LogP contribution < -0.4 is 5.32 Å². The van der Waals surface area contributed by atoms with Crippen molar-refractivity contribution in [1.29, 1.82) is 0 Å². The molecule has 1 N–H and O–H groups in total. The quantitative estimate of drug-likeness (QED) is 0.914. The van der Waals surface area contributed by atoms with Crippen LogP contribution >= 0.6 is 0 Å². The number of hydrogen-bond acceptors (Lipinski definition) is 4. The van der Waals surface area contributed by atoms with Crippen LogP contribution in [0.15, 0.2) is 30.3 Å². The maximum atomic E-state index is 12.4. The van der Waals surface area contributed by atoms with E-state index in [0.717, 1.165) is 25.2 Å². The van der Waals surface area contributed by atoms with E-state index in [-0.39, 0.29) is 5.91 Å². The molecule has 0 bridgehead atoms. The van der Waals surface area contributed by atoms with Crippen molar-refractivity contribution in [2.45, 2.75) is 32.7 Å². The number of rotatable bonds is 5. The number of aryl methyl sites for hydroxylation is 1. The first kappa shape index (κ1) is 15.7. The molecule has 0 saturated carbocycles. The summed E-state index contributed by atoms with van der Waals surface area (Å²) in [4.78, 5) is 16.3. The SMILES string of the molecule is CCN1CCC[C@@H]1CNC(=O)c1nn(-c2ccccc2)nc1C. The van der Waals surface area contributed by atoms with Gasteiger partial charge in [0, 0.05) is 12.6 Å². The van der Waals surface area contributed by atoms with Crippen molar-refractivity contribution < 1.29 is 4.79 Å². The summed E-state index contributed by atoms with van der Waals surface area (Å²) in [5.41, 5.74) is 1.89. The molecule has 0 aliphatic carbocycles. The molecular formula is C17H23N5O. The van der Waals surface area contributed by atoms with Crippen molar-refractivity contribution in [3.05, 3.63) is 41.7 Å². The van der Waals surface area contributed by atoms with E-state index in [2.05, 4.69) is 27.3 Å². The number of likely N-dealkylation sites (tertiary alicyclic amines) is 1. The maximum Gasteiger partial charge on any atom is 0.273 e. The summed E-state index contributed by atoms with van der Waals surface area (Å²) < 4.78 is 0. The van der Waals surface area contributed by atoms with Crippen molar-refractivity contribution in [2.75, 3.05) is 19.6 Å². The first-order valence-electron chi connectivity index (χ1n) is 8.20. The number of para-hydroxylation sites is 1. The lowest BCUT2D eigenvalue weighted by Gasteiger charge is -2.22. The van der Waals surface area contributed by atoms with Gasteiger partial charge in [-0.1, -0.05) is 25.1 Å². The van der Waals surface area contributed by atoms with Gasteiger partial charge < -0.3 is 5.32 Å². The summed E-state index contributed by atoms with van der Waals surface area (Å²) in [5.74, 6) is -0.146.